The molecule has 3 N–H and O–H groups in total. The number of benzene rings is 1. The maximum absolute atomic E-state index is 13.8. The molecule has 0 spiro atoms. The van der Waals surface area contributed by atoms with Crippen molar-refractivity contribution in [3.8, 4) is 16.8 Å². The summed E-state index contributed by atoms with van der Waals surface area (Å²) in [5, 5.41) is 40.7. The molecular formula is C23H20BrF3N6O4. The van der Waals surface area contributed by atoms with E-state index in [1.54, 1.807) is 19.2 Å². The summed E-state index contributed by atoms with van der Waals surface area (Å²) in [6.07, 6.45) is 0.537. The predicted molar refractivity (Wildman–Crippen MR) is 125 cm³/mol. The van der Waals surface area contributed by atoms with Crippen LogP contribution < -0.4 is 0 Å². The number of halogens is 4. The molecule has 37 heavy (non-hydrogen) atoms. The van der Waals surface area contributed by atoms with Gasteiger partial charge in [0.05, 0.1) is 24.7 Å². The van der Waals surface area contributed by atoms with Crippen LogP contribution >= 0.6 is 15.9 Å². The van der Waals surface area contributed by atoms with Gasteiger partial charge in [-0.25, -0.2) is 22.8 Å². The highest BCUT2D eigenvalue weighted by atomic mass is 79.9. The largest absolute Gasteiger partial charge is 0.394 e. The molecule has 1 fully saturated rings. The van der Waals surface area contributed by atoms with Gasteiger partial charge in [-0.15, -0.1) is 0 Å². The van der Waals surface area contributed by atoms with Crippen LogP contribution in [0.1, 0.15) is 23.8 Å². The quantitative estimate of drug-likeness (QED) is 0.307. The van der Waals surface area contributed by atoms with Gasteiger partial charge in [-0.05, 0) is 46.6 Å². The molecule has 4 aromatic rings. The van der Waals surface area contributed by atoms with Crippen LogP contribution in [0.3, 0.4) is 0 Å². The third-order valence-electron chi connectivity index (χ3n) is 6.04. The summed E-state index contributed by atoms with van der Waals surface area (Å²) < 4.78 is 50.1. The molecule has 5 atom stereocenters. The van der Waals surface area contributed by atoms with E-state index >= 15 is 0 Å². The fourth-order valence-corrected chi connectivity index (χ4v) is 4.68. The smallest absolute Gasteiger partial charge is 0.194 e. The van der Waals surface area contributed by atoms with Crippen molar-refractivity contribution in [3.63, 3.8) is 0 Å². The summed E-state index contributed by atoms with van der Waals surface area (Å²) in [5.74, 6) is -3.77. The molecule has 1 saturated heterocycles. The standard InChI is InChI=1S/C23H20BrF3N6O4/c1-10-30-23(33(31-10)14-4-13(24)6-28-7-14)22-21(36)19(20(35)17(9-34)37-22)32-8-12(5-29-32)11-2-15(25)18(27)16(26)3-11/h2-8,17,19-22,34-36H,9H2,1H3/t17?,19-,20-,21?,22+/m0/s1. The molecule has 1 aliphatic heterocycles. The minimum absolute atomic E-state index is 0.00599. The van der Waals surface area contributed by atoms with Gasteiger partial charge in [0.1, 0.15) is 36.3 Å². The number of pyridine rings is 1. The number of nitrogens with zero attached hydrogens (tertiary/aromatic N) is 6. The maximum Gasteiger partial charge on any atom is 0.194 e. The molecule has 0 aliphatic carbocycles. The van der Waals surface area contributed by atoms with Gasteiger partial charge in [-0.2, -0.15) is 10.2 Å². The first-order valence-corrected chi connectivity index (χ1v) is 11.8. The van der Waals surface area contributed by atoms with Crippen LogP contribution in [0, 0.1) is 24.4 Å². The number of aliphatic hydroxyl groups is 3. The minimum atomic E-state index is -1.60. The summed E-state index contributed by atoms with van der Waals surface area (Å²) in [7, 11) is 0. The normalized spacial score (nSPS) is 23.9. The van der Waals surface area contributed by atoms with Crippen LogP contribution in [0.5, 0.6) is 0 Å². The molecule has 0 saturated carbocycles. The van der Waals surface area contributed by atoms with E-state index in [4.69, 9.17) is 4.74 Å². The number of ether oxygens (including phenoxy) is 1. The number of aliphatic hydroxyl groups excluding tert-OH is 3. The Kier molecular flexibility index (Phi) is 6.85. The van der Waals surface area contributed by atoms with Crippen LogP contribution in [-0.2, 0) is 4.74 Å². The fourth-order valence-electron chi connectivity index (χ4n) is 4.32. The Morgan fingerprint density at radius 3 is 2.43 bits per heavy atom. The third-order valence-corrected chi connectivity index (χ3v) is 6.48. The lowest BCUT2D eigenvalue weighted by Crippen LogP contribution is -2.53. The molecule has 1 aromatic carbocycles. The van der Waals surface area contributed by atoms with E-state index in [2.05, 4.69) is 36.1 Å². The minimum Gasteiger partial charge on any atom is -0.394 e. The van der Waals surface area contributed by atoms with Gasteiger partial charge in [0.15, 0.2) is 23.3 Å². The zero-order valence-electron chi connectivity index (χ0n) is 19.1. The Morgan fingerprint density at radius 2 is 1.76 bits per heavy atom. The van der Waals surface area contributed by atoms with Crippen molar-refractivity contribution in [3.05, 3.63) is 76.6 Å². The van der Waals surface area contributed by atoms with Gasteiger partial charge < -0.3 is 20.1 Å². The number of hydrogen-bond acceptors (Lipinski definition) is 8. The second-order valence-corrected chi connectivity index (χ2v) is 9.42. The van der Waals surface area contributed by atoms with E-state index < -0.39 is 54.5 Å². The van der Waals surface area contributed by atoms with Crippen molar-refractivity contribution in [2.75, 3.05) is 6.61 Å². The number of aromatic nitrogens is 6. The lowest BCUT2D eigenvalue weighted by Gasteiger charge is -2.41. The second kappa shape index (κ2) is 9.95. The summed E-state index contributed by atoms with van der Waals surface area (Å²) in [5.41, 5.74) is 0.734. The van der Waals surface area contributed by atoms with E-state index in [1.165, 1.54) is 28.0 Å². The molecule has 2 unspecified atom stereocenters. The molecule has 4 heterocycles. The Morgan fingerprint density at radius 1 is 1.03 bits per heavy atom. The molecule has 0 bridgehead atoms. The molecule has 5 rings (SSSR count). The highest BCUT2D eigenvalue weighted by molar-refractivity contribution is 9.10. The van der Waals surface area contributed by atoms with Gasteiger partial charge in [0.25, 0.3) is 0 Å². The Balaban J connectivity index is 1.54. The van der Waals surface area contributed by atoms with Gasteiger partial charge in [-0.3, -0.25) is 9.67 Å². The molecule has 194 valence electrons. The summed E-state index contributed by atoms with van der Waals surface area (Å²) in [4.78, 5) is 8.53. The topological polar surface area (TPSA) is 131 Å². The number of rotatable bonds is 5. The first-order chi connectivity index (χ1) is 17.7. The van der Waals surface area contributed by atoms with Crippen molar-refractivity contribution >= 4 is 15.9 Å². The molecule has 10 nitrogen and oxygen atoms in total. The van der Waals surface area contributed by atoms with Gasteiger partial charge in [0.2, 0.25) is 0 Å². The predicted octanol–water partition coefficient (Wildman–Crippen LogP) is 2.41. The summed E-state index contributed by atoms with van der Waals surface area (Å²) in [6.45, 7) is 1.06. The van der Waals surface area contributed by atoms with Crippen molar-refractivity contribution < 1.29 is 33.2 Å². The molecule has 14 heteroatoms. The average molecular weight is 581 g/mol. The molecule has 0 amide bonds. The number of hydrogen-bond donors (Lipinski definition) is 3. The molecule has 3 aromatic heterocycles. The molecule has 1 aliphatic rings. The van der Waals surface area contributed by atoms with Crippen molar-refractivity contribution in [2.45, 2.75) is 37.4 Å². The highest BCUT2D eigenvalue weighted by Crippen LogP contribution is 2.39. The first-order valence-electron chi connectivity index (χ1n) is 11.0. The molecular weight excluding hydrogens is 561 g/mol. The van der Waals surface area contributed by atoms with Gasteiger partial charge in [-0.1, -0.05) is 0 Å². The SMILES string of the molecule is Cc1nc([C@@H]2OC(CO)[C@H](O)[C@H](n3cc(-c4cc(F)c(F)c(F)c4)cn3)C2O)n(-c2cncc(Br)c2)n1. The number of aryl methyl sites for hydroxylation is 1. The van der Waals surface area contributed by atoms with Crippen LogP contribution in [0.15, 0.2) is 47.5 Å². The lowest BCUT2D eigenvalue weighted by molar-refractivity contribution is -0.210. The van der Waals surface area contributed by atoms with E-state index in [0.29, 0.717) is 16.0 Å². The fraction of sp³-hybridized carbons (Fsp3) is 0.304. The first kappa shape index (κ1) is 25.5. The van der Waals surface area contributed by atoms with Gasteiger partial charge in [0, 0.05) is 22.4 Å². The zero-order valence-corrected chi connectivity index (χ0v) is 20.7. The van der Waals surface area contributed by atoms with Gasteiger partial charge >= 0.3 is 0 Å². The highest BCUT2D eigenvalue weighted by Gasteiger charge is 2.48. The van der Waals surface area contributed by atoms with E-state index in [9.17, 15) is 28.5 Å². The lowest BCUT2D eigenvalue weighted by atomic mass is 9.92. The van der Waals surface area contributed by atoms with Crippen LogP contribution in [0.4, 0.5) is 13.2 Å². The Bertz CT molecular complexity index is 1430. The van der Waals surface area contributed by atoms with E-state index in [0.717, 1.165) is 12.1 Å². The Labute approximate surface area is 216 Å². The van der Waals surface area contributed by atoms with E-state index in [-0.39, 0.29) is 17.0 Å². The van der Waals surface area contributed by atoms with Crippen molar-refractivity contribution in [2.24, 2.45) is 0 Å². The van der Waals surface area contributed by atoms with Crippen LogP contribution in [-0.4, -0.2) is 69.8 Å². The average Bonchev–Trinajstić information content (AvgIpc) is 3.50. The van der Waals surface area contributed by atoms with E-state index in [1.807, 2.05) is 0 Å². The van der Waals surface area contributed by atoms with Crippen molar-refractivity contribution in [1.82, 2.24) is 29.5 Å². The zero-order chi connectivity index (χ0) is 26.4. The Hall–Kier alpha value is -3.17. The van der Waals surface area contributed by atoms with Crippen molar-refractivity contribution in [1.29, 1.82) is 0 Å². The second-order valence-electron chi connectivity index (χ2n) is 8.50. The summed E-state index contributed by atoms with van der Waals surface area (Å²) in [6, 6.07) is 2.20. The third kappa shape index (κ3) is 4.66. The monoisotopic (exact) mass is 580 g/mol. The maximum atomic E-state index is 13.8. The van der Waals surface area contributed by atoms with Crippen LogP contribution in [0.25, 0.3) is 16.8 Å². The summed E-state index contributed by atoms with van der Waals surface area (Å²) >= 11 is 3.35. The molecule has 0 radical (unpaired) electrons. The van der Waals surface area contributed by atoms with Crippen LogP contribution in [0.2, 0.25) is 0 Å².